The Morgan fingerprint density at radius 1 is 0.861 bits per heavy atom. The van der Waals surface area contributed by atoms with Crippen LogP contribution < -0.4 is 5.32 Å². The van der Waals surface area contributed by atoms with Crippen LogP contribution in [0.15, 0.2) is 84.9 Å². The first-order valence-corrected chi connectivity index (χ1v) is 12.7. The summed E-state index contributed by atoms with van der Waals surface area (Å²) in [4.78, 5) is 44.2. The predicted octanol–water partition coefficient (Wildman–Crippen LogP) is 3.95. The average Bonchev–Trinajstić information content (AvgIpc) is 3.13. The Kier molecular flexibility index (Phi) is 7.12. The van der Waals surface area contributed by atoms with E-state index in [-0.39, 0.29) is 17.7 Å². The molecule has 2 aliphatic heterocycles. The summed E-state index contributed by atoms with van der Waals surface area (Å²) in [6, 6.07) is 25.9. The van der Waals surface area contributed by atoms with E-state index in [0.29, 0.717) is 38.0 Å². The highest BCUT2D eigenvalue weighted by Gasteiger charge is 2.41. The van der Waals surface area contributed by atoms with Crippen molar-refractivity contribution < 1.29 is 14.4 Å². The van der Waals surface area contributed by atoms with E-state index >= 15 is 0 Å². The molecule has 0 radical (unpaired) electrons. The zero-order chi connectivity index (χ0) is 24.9. The van der Waals surface area contributed by atoms with Crippen molar-refractivity contribution in [1.29, 1.82) is 0 Å². The van der Waals surface area contributed by atoms with Crippen LogP contribution in [0, 0.1) is 0 Å². The number of hydrogen-bond acceptors (Lipinski definition) is 3. The van der Waals surface area contributed by atoms with Gasteiger partial charge in [-0.25, -0.2) is 0 Å². The summed E-state index contributed by atoms with van der Waals surface area (Å²) in [6.45, 7) is 1.33. The smallest absolute Gasteiger partial charge is 0.255 e. The number of nitrogens with zero attached hydrogens (tertiary/aromatic N) is 2. The highest BCUT2D eigenvalue weighted by molar-refractivity contribution is 6.01. The summed E-state index contributed by atoms with van der Waals surface area (Å²) in [5.74, 6) is -0.406. The molecule has 1 N–H and O–H groups in total. The molecular formula is C30H31N3O3. The summed E-state index contributed by atoms with van der Waals surface area (Å²) in [6.07, 6.45) is 2.66. The maximum atomic E-state index is 14.0. The molecule has 1 fully saturated rings. The maximum Gasteiger partial charge on any atom is 0.255 e. The van der Waals surface area contributed by atoms with Crippen LogP contribution in [0.25, 0.3) is 0 Å². The van der Waals surface area contributed by atoms with E-state index < -0.39 is 12.1 Å². The number of benzene rings is 3. The second-order valence-corrected chi connectivity index (χ2v) is 9.54. The monoisotopic (exact) mass is 481 g/mol. The maximum absolute atomic E-state index is 14.0. The normalized spacial score (nSPS) is 18.5. The van der Waals surface area contributed by atoms with Gasteiger partial charge in [-0.2, -0.15) is 0 Å². The molecule has 0 aliphatic carbocycles. The molecule has 5 rings (SSSR count). The van der Waals surface area contributed by atoms with Gasteiger partial charge in [0.15, 0.2) is 0 Å². The van der Waals surface area contributed by atoms with Crippen molar-refractivity contribution in [1.82, 2.24) is 15.1 Å². The molecule has 2 atom stereocenters. The van der Waals surface area contributed by atoms with Gasteiger partial charge in [0.2, 0.25) is 11.8 Å². The van der Waals surface area contributed by atoms with Crippen molar-refractivity contribution in [2.24, 2.45) is 0 Å². The number of amides is 3. The van der Waals surface area contributed by atoms with Gasteiger partial charge in [0.05, 0.1) is 0 Å². The number of hydrogen-bond donors (Lipinski definition) is 1. The Balaban J connectivity index is 1.39. The number of fused-ring (bicyclic) bond motifs is 1. The topological polar surface area (TPSA) is 69.7 Å². The number of likely N-dealkylation sites (tertiary alicyclic amines) is 1. The highest BCUT2D eigenvalue weighted by atomic mass is 16.2. The highest BCUT2D eigenvalue weighted by Crippen LogP contribution is 2.29. The fourth-order valence-electron chi connectivity index (χ4n) is 5.26. The SMILES string of the molecule is O=C(NCc1ccccc1)[C@@H](Cc1ccccc1)N1CCCCC(N2Cc3ccccc3C2=O)C1=O. The second-order valence-electron chi connectivity index (χ2n) is 9.54. The second kappa shape index (κ2) is 10.8. The van der Waals surface area contributed by atoms with Gasteiger partial charge in [0.1, 0.15) is 12.1 Å². The molecule has 3 aromatic rings. The first-order valence-electron chi connectivity index (χ1n) is 12.7. The Bertz CT molecular complexity index is 1230. The quantitative estimate of drug-likeness (QED) is 0.556. The molecule has 0 aromatic heterocycles. The largest absolute Gasteiger partial charge is 0.350 e. The zero-order valence-corrected chi connectivity index (χ0v) is 20.3. The molecule has 6 nitrogen and oxygen atoms in total. The third-order valence-corrected chi connectivity index (χ3v) is 7.18. The molecule has 36 heavy (non-hydrogen) atoms. The van der Waals surface area contributed by atoms with Crippen LogP contribution in [0.1, 0.15) is 46.3 Å². The first-order chi connectivity index (χ1) is 17.6. The van der Waals surface area contributed by atoms with Gasteiger partial charge in [-0.15, -0.1) is 0 Å². The zero-order valence-electron chi connectivity index (χ0n) is 20.3. The van der Waals surface area contributed by atoms with Crippen LogP contribution in [-0.2, 0) is 29.1 Å². The summed E-state index contributed by atoms with van der Waals surface area (Å²) in [5.41, 5.74) is 3.62. The lowest BCUT2D eigenvalue weighted by Gasteiger charge is -2.34. The summed E-state index contributed by atoms with van der Waals surface area (Å²) in [5, 5.41) is 3.05. The van der Waals surface area contributed by atoms with E-state index in [4.69, 9.17) is 0 Å². The van der Waals surface area contributed by atoms with E-state index in [1.165, 1.54) is 0 Å². The van der Waals surface area contributed by atoms with Crippen LogP contribution in [0.3, 0.4) is 0 Å². The minimum absolute atomic E-state index is 0.0982. The van der Waals surface area contributed by atoms with Gasteiger partial charge < -0.3 is 15.1 Å². The predicted molar refractivity (Wildman–Crippen MR) is 138 cm³/mol. The van der Waals surface area contributed by atoms with Gasteiger partial charge in [-0.1, -0.05) is 78.9 Å². The van der Waals surface area contributed by atoms with Gasteiger partial charge in [0.25, 0.3) is 5.91 Å². The Hall–Kier alpha value is -3.93. The first kappa shape index (κ1) is 23.8. The van der Waals surface area contributed by atoms with E-state index in [2.05, 4.69) is 5.32 Å². The van der Waals surface area contributed by atoms with Crippen LogP contribution in [0.4, 0.5) is 0 Å². The van der Waals surface area contributed by atoms with Crippen molar-refractivity contribution in [2.75, 3.05) is 6.54 Å². The molecule has 2 aliphatic rings. The molecule has 2 heterocycles. The van der Waals surface area contributed by atoms with E-state index in [9.17, 15) is 14.4 Å². The lowest BCUT2D eigenvalue weighted by molar-refractivity contribution is -0.143. The van der Waals surface area contributed by atoms with Crippen molar-refractivity contribution in [2.45, 2.75) is 50.9 Å². The molecule has 6 heteroatoms. The Labute approximate surface area is 211 Å². The third kappa shape index (κ3) is 5.03. The third-order valence-electron chi connectivity index (χ3n) is 7.18. The van der Waals surface area contributed by atoms with Gasteiger partial charge in [-0.05, 0) is 42.0 Å². The van der Waals surface area contributed by atoms with Crippen LogP contribution in [-0.4, -0.2) is 46.1 Å². The molecule has 3 aromatic carbocycles. The molecule has 1 unspecified atom stereocenters. The lowest BCUT2D eigenvalue weighted by Crippen LogP contribution is -2.55. The number of carbonyl (C=O) groups excluding carboxylic acids is 3. The fraction of sp³-hybridized carbons (Fsp3) is 0.300. The summed E-state index contributed by atoms with van der Waals surface area (Å²) >= 11 is 0. The van der Waals surface area contributed by atoms with Crippen LogP contribution >= 0.6 is 0 Å². The van der Waals surface area contributed by atoms with E-state index in [1.54, 1.807) is 9.80 Å². The molecular weight excluding hydrogens is 450 g/mol. The molecule has 184 valence electrons. The van der Waals surface area contributed by atoms with E-state index in [1.807, 2.05) is 84.9 Å². The van der Waals surface area contributed by atoms with Gasteiger partial charge in [-0.3, -0.25) is 14.4 Å². The van der Waals surface area contributed by atoms with Gasteiger partial charge >= 0.3 is 0 Å². The minimum Gasteiger partial charge on any atom is -0.350 e. The average molecular weight is 482 g/mol. The molecule has 0 bridgehead atoms. The molecule has 1 saturated heterocycles. The van der Waals surface area contributed by atoms with Crippen molar-refractivity contribution in [3.8, 4) is 0 Å². The number of rotatable bonds is 7. The van der Waals surface area contributed by atoms with Crippen molar-refractivity contribution in [3.05, 3.63) is 107 Å². The standard InChI is InChI=1S/C30H31N3O3/c34-28(31-20-23-13-5-2-6-14-23)27(19-22-11-3-1-4-12-22)32-18-10-9-17-26(30(32)36)33-21-24-15-7-8-16-25(24)29(33)35/h1-8,11-16,26-27H,9-10,17-21H2,(H,31,34)/t26?,27-/m1/s1. The van der Waals surface area contributed by atoms with Crippen LogP contribution in [0.5, 0.6) is 0 Å². The van der Waals surface area contributed by atoms with Crippen molar-refractivity contribution >= 4 is 17.7 Å². The molecule has 3 amide bonds. The fourth-order valence-corrected chi connectivity index (χ4v) is 5.26. The molecule has 0 saturated carbocycles. The van der Waals surface area contributed by atoms with Crippen LogP contribution in [0.2, 0.25) is 0 Å². The minimum atomic E-state index is -0.649. The lowest BCUT2D eigenvalue weighted by atomic mass is 10.0. The summed E-state index contributed by atoms with van der Waals surface area (Å²) in [7, 11) is 0. The van der Waals surface area contributed by atoms with Crippen molar-refractivity contribution in [3.63, 3.8) is 0 Å². The summed E-state index contributed by atoms with van der Waals surface area (Å²) < 4.78 is 0. The number of carbonyl (C=O) groups is 3. The Morgan fingerprint density at radius 2 is 1.53 bits per heavy atom. The number of nitrogens with one attached hydrogen (secondary N) is 1. The molecule has 0 spiro atoms. The van der Waals surface area contributed by atoms with Gasteiger partial charge in [0, 0.05) is 31.6 Å². The van der Waals surface area contributed by atoms with E-state index in [0.717, 1.165) is 29.5 Å². The Morgan fingerprint density at radius 3 is 2.25 bits per heavy atom.